The summed E-state index contributed by atoms with van der Waals surface area (Å²) >= 11 is 2.32. The predicted octanol–water partition coefficient (Wildman–Crippen LogP) is 3.63. The third-order valence-corrected chi connectivity index (χ3v) is 4.31. The number of rotatable bonds is 2. The summed E-state index contributed by atoms with van der Waals surface area (Å²) in [6, 6.07) is 19.1. The summed E-state index contributed by atoms with van der Waals surface area (Å²) in [6.45, 7) is 0. The van der Waals surface area contributed by atoms with Gasteiger partial charge in [-0.2, -0.15) is 0 Å². The molecule has 2 N–H and O–H groups in total. The summed E-state index contributed by atoms with van der Waals surface area (Å²) in [5, 5.41) is 0. The summed E-state index contributed by atoms with van der Waals surface area (Å²) in [5.74, 6) is 0.476. The van der Waals surface area contributed by atoms with E-state index in [1.54, 1.807) is 0 Å². The van der Waals surface area contributed by atoms with Crippen LogP contribution in [0.5, 0.6) is 0 Å². The number of hydrogen-bond donors (Lipinski definition) is 1. The van der Waals surface area contributed by atoms with Gasteiger partial charge in [-0.1, -0.05) is 42.5 Å². The third-order valence-electron chi connectivity index (χ3n) is 3.59. The third kappa shape index (κ3) is 2.00. The molecular formula is C15H14IN. The lowest BCUT2D eigenvalue weighted by Crippen LogP contribution is -2.21. The molecule has 1 aliphatic carbocycles. The van der Waals surface area contributed by atoms with Crippen LogP contribution < -0.4 is 5.73 Å². The first-order valence-electron chi connectivity index (χ1n) is 5.80. The molecule has 2 atom stereocenters. The molecule has 0 amide bonds. The van der Waals surface area contributed by atoms with Crippen LogP contribution in [0.1, 0.15) is 23.5 Å². The van der Waals surface area contributed by atoms with E-state index >= 15 is 0 Å². The summed E-state index contributed by atoms with van der Waals surface area (Å²) in [5.41, 5.74) is 8.96. The topological polar surface area (TPSA) is 26.0 Å². The second kappa shape index (κ2) is 4.10. The lowest BCUT2D eigenvalue weighted by Gasteiger charge is -2.12. The molecule has 0 aromatic heterocycles. The van der Waals surface area contributed by atoms with Crippen LogP contribution in [0.3, 0.4) is 0 Å². The predicted molar refractivity (Wildman–Crippen MR) is 78.8 cm³/mol. The van der Waals surface area contributed by atoms with Gasteiger partial charge in [-0.25, -0.2) is 0 Å². The zero-order valence-corrected chi connectivity index (χ0v) is 11.6. The van der Waals surface area contributed by atoms with Crippen LogP contribution in [0.2, 0.25) is 0 Å². The number of nitrogens with two attached hydrogens (primary N) is 1. The molecule has 2 aromatic carbocycles. The quantitative estimate of drug-likeness (QED) is 0.834. The normalized spacial score (nSPS) is 26.8. The molecule has 1 aliphatic rings. The molecule has 0 radical (unpaired) electrons. The van der Waals surface area contributed by atoms with Gasteiger partial charge < -0.3 is 5.73 Å². The van der Waals surface area contributed by atoms with Gasteiger partial charge in [-0.15, -0.1) is 0 Å². The molecule has 0 heterocycles. The molecule has 2 heteroatoms. The molecule has 1 fully saturated rings. The molecule has 1 nitrogen and oxygen atoms in total. The van der Waals surface area contributed by atoms with E-state index in [1.165, 1.54) is 14.7 Å². The minimum atomic E-state index is -0.147. The standard InChI is InChI=1S/C15H14IN/c16-13-8-6-12(7-9-13)15(17)10-14(15)11-4-2-1-3-5-11/h1-9,14H,10,17H2/t14-,15-/m0/s1. The van der Waals surface area contributed by atoms with Gasteiger partial charge in [0.15, 0.2) is 0 Å². The highest BCUT2D eigenvalue weighted by Crippen LogP contribution is 2.56. The Kier molecular flexibility index (Phi) is 2.71. The first kappa shape index (κ1) is 11.2. The fraction of sp³-hybridized carbons (Fsp3) is 0.200. The Bertz CT molecular complexity index is 520. The molecule has 3 rings (SSSR count). The zero-order chi connectivity index (χ0) is 11.9. The van der Waals surface area contributed by atoms with E-state index in [4.69, 9.17) is 5.73 Å². The number of hydrogen-bond acceptors (Lipinski definition) is 1. The molecule has 0 bridgehead atoms. The molecule has 2 aromatic rings. The van der Waals surface area contributed by atoms with Crippen molar-refractivity contribution in [1.82, 2.24) is 0 Å². The Hall–Kier alpha value is -0.870. The number of benzene rings is 2. The Balaban J connectivity index is 1.89. The van der Waals surface area contributed by atoms with Crippen molar-refractivity contribution in [1.29, 1.82) is 0 Å². The van der Waals surface area contributed by atoms with Crippen LogP contribution in [0.25, 0.3) is 0 Å². The van der Waals surface area contributed by atoms with Crippen LogP contribution in [0, 0.1) is 3.57 Å². The second-order valence-electron chi connectivity index (χ2n) is 4.71. The van der Waals surface area contributed by atoms with Crippen molar-refractivity contribution in [2.75, 3.05) is 0 Å². The van der Waals surface area contributed by atoms with E-state index in [9.17, 15) is 0 Å². The van der Waals surface area contributed by atoms with Gasteiger partial charge in [0.05, 0.1) is 0 Å². The van der Waals surface area contributed by atoms with Gasteiger partial charge in [0, 0.05) is 15.0 Å². The largest absolute Gasteiger partial charge is 0.321 e. The number of halogens is 1. The van der Waals surface area contributed by atoms with E-state index in [0.29, 0.717) is 5.92 Å². The molecule has 86 valence electrons. The van der Waals surface area contributed by atoms with Crippen LogP contribution in [-0.4, -0.2) is 0 Å². The summed E-state index contributed by atoms with van der Waals surface area (Å²) in [7, 11) is 0. The zero-order valence-electron chi connectivity index (χ0n) is 9.44. The highest BCUT2D eigenvalue weighted by molar-refractivity contribution is 14.1. The van der Waals surface area contributed by atoms with Gasteiger partial charge in [0.1, 0.15) is 0 Å². The second-order valence-corrected chi connectivity index (χ2v) is 5.96. The molecule has 0 saturated heterocycles. The average molecular weight is 335 g/mol. The van der Waals surface area contributed by atoms with Crippen molar-refractivity contribution in [3.05, 3.63) is 69.3 Å². The van der Waals surface area contributed by atoms with Gasteiger partial charge in [-0.3, -0.25) is 0 Å². The molecular weight excluding hydrogens is 321 g/mol. The van der Waals surface area contributed by atoms with E-state index in [0.717, 1.165) is 6.42 Å². The summed E-state index contributed by atoms with van der Waals surface area (Å²) < 4.78 is 1.26. The van der Waals surface area contributed by atoms with Crippen LogP contribution in [-0.2, 0) is 5.54 Å². The van der Waals surface area contributed by atoms with E-state index in [2.05, 4.69) is 77.2 Å². The molecule has 0 spiro atoms. The lowest BCUT2D eigenvalue weighted by molar-refractivity contribution is 0.705. The van der Waals surface area contributed by atoms with Crippen molar-refractivity contribution in [2.24, 2.45) is 5.73 Å². The highest BCUT2D eigenvalue weighted by Gasteiger charge is 2.52. The van der Waals surface area contributed by atoms with Gasteiger partial charge in [0.25, 0.3) is 0 Å². The minimum absolute atomic E-state index is 0.147. The summed E-state index contributed by atoms with van der Waals surface area (Å²) in [4.78, 5) is 0. The van der Waals surface area contributed by atoms with E-state index in [-0.39, 0.29) is 5.54 Å². The van der Waals surface area contributed by atoms with Crippen LogP contribution in [0.15, 0.2) is 54.6 Å². The summed E-state index contributed by atoms with van der Waals surface area (Å²) in [6.07, 6.45) is 1.05. The minimum Gasteiger partial charge on any atom is -0.321 e. The molecule has 1 saturated carbocycles. The van der Waals surface area contributed by atoms with Crippen LogP contribution >= 0.6 is 22.6 Å². The van der Waals surface area contributed by atoms with Gasteiger partial charge >= 0.3 is 0 Å². The monoisotopic (exact) mass is 335 g/mol. The maximum atomic E-state index is 6.49. The first-order valence-corrected chi connectivity index (χ1v) is 6.88. The Labute approximate surface area is 115 Å². The Morgan fingerprint density at radius 1 is 1.00 bits per heavy atom. The first-order chi connectivity index (χ1) is 8.20. The van der Waals surface area contributed by atoms with Crippen molar-refractivity contribution in [3.63, 3.8) is 0 Å². The van der Waals surface area contributed by atoms with Gasteiger partial charge in [-0.05, 0) is 52.3 Å². The van der Waals surface area contributed by atoms with Crippen molar-refractivity contribution < 1.29 is 0 Å². The van der Waals surface area contributed by atoms with Crippen LogP contribution in [0.4, 0.5) is 0 Å². The van der Waals surface area contributed by atoms with E-state index < -0.39 is 0 Å². The van der Waals surface area contributed by atoms with Crippen molar-refractivity contribution in [3.8, 4) is 0 Å². The highest BCUT2D eigenvalue weighted by atomic mass is 127. The molecule has 0 aliphatic heterocycles. The SMILES string of the molecule is N[C@]1(c2ccc(I)cc2)C[C@H]1c1ccccc1. The molecule has 17 heavy (non-hydrogen) atoms. The fourth-order valence-corrected chi connectivity index (χ4v) is 2.82. The van der Waals surface area contributed by atoms with Crippen molar-refractivity contribution >= 4 is 22.6 Å². The fourth-order valence-electron chi connectivity index (χ4n) is 2.46. The smallest absolute Gasteiger partial charge is 0.0486 e. The van der Waals surface area contributed by atoms with E-state index in [1.807, 2.05) is 0 Å². The van der Waals surface area contributed by atoms with Gasteiger partial charge in [0.2, 0.25) is 0 Å². The Morgan fingerprint density at radius 3 is 2.29 bits per heavy atom. The maximum absolute atomic E-state index is 6.49. The van der Waals surface area contributed by atoms with Crippen molar-refractivity contribution in [2.45, 2.75) is 17.9 Å². The lowest BCUT2D eigenvalue weighted by atomic mass is 10.00. The Morgan fingerprint density at radius 2 is 1.65 bits per heavy atom. The average Bonchev–Trinajstić information content (AvgIpc) is 3.05. The maximum Gasteiger partial charge on any atom is 0.0486 e. The molecule has 0 unspecified atom stereocenters.